The summed E-state index contributed by atoms with van der Waals surface area (Å²) in [5.41, 5.74) is -0.569. The molecule has 6 heteroatoms. The summed E-state index contributed by atoms with van der Waals surface area (Å²) in [6.07, 6.45) is -0.630. The van der Waals surface area contributed by atoms with Gasteiger partial charge in [0.2, 0.25) is 10.3 Å². The number of hydrogen-bond acceptors (Lipinski definition) is 4. The van der Waals surface area contributed by atoms with Gasteiger partial charge < -0.3 is 10.1 Å². The Hall–Kier alpha value is -1.04. The minimum Gasteiger partial charge on any atom is -0.444 e. The normalized spacial score (nSPS) is 10.4. The summed E-state index contributed by atoms with van der Waals surface area (Å²) in [4.78, 5) is 10.9. The number of amides is 1. The van der Waals surface area contributed by atoms with Crippen molar-refractivity contribution in [2.24, 2.45) is 0 Å². The van der Waals surface area contributed by atoms with E-state index in [1.165, 1.54) is 0 Å². The summed E-state index contributed by atoms with van der Waals surface area (Å²) in [5, 5.41) is 3.20. The zero-order valence-corrected chi connectivity index (χ0v) is 8.64. The van der Waals surface area contributed by atoms with Crippen LogP contribution in [-0.4, -0.2) is 32.0 Å². The average Bonchev–Trinajstić information content (AvgIpc) is 1.81. The van der Waals surface area contributed by atoms with Crippen LogP contribution in [0.3, 0.4) is 0 Å². The molecule has 0 aliphatic heterocycles. The molecular formula is C7H13NO4S. The second-order valence-electron chi connectivity index (χ2n) is 3.31. The van der Waals surface area contributed by atoms with Gasteiger partial charge in [0, 0.05) is 0 Å². The van der Waals surface area contributed by atoms with Crippen molar-refractivity contribution in [2.45, 2.75) is 26.4 Å². The summed E-state index contributed by atoms with van der Waals surface area (Å²) in [6, 6.07) is 0. The van der Waals surface area contributed by atoms with Crippen LogP contribution in [0.2, 0.25) is 0 Å². The van der Waals surface area contributed by atoms with E-state index >= 15 is 0 Å². The molecule has 1 amide bonds. The van der Waals surface area contributed by atoms with E-state index in [2.05, 4.69) is 5.32 Å². The van der Waals surface area contributed by atoms with Gasteiger partial charge in [-0.05, 0) is 20.8 Å². The summed E-state index contributed by atoms with van der Waals surface area (Å²) in [6.45, 7) is 5.12. The molecule has 0 aromatic rings. The first kappa shape index (κ1) is 12.0. The third-order valence-electron chi connectivity index (χ3n) is 0.865. The number of alkyl carbamates (subject to hydrolysis) is 1. The fourth-order valence-electron chi connectivity index (χ4n) is 0.507. The van der Waals surface area contributed by atoms with Crippen LogP contribution in [-0.2, 0) is 15.0 Å². The SMILES string of the molecule is CC(C)(C)OC(=O)NCC=S(=O)=O. The van der Waals surface area contributed by atoms with E-state index in [1.54, 1.807) is 20.8 Å². The van der Waals surface area contributed by atoms with Gasteiger partial charge in [-0.3, -0.25) is 0 Å². The van der Waals surface area contributed by atoms with Crippen LogP contribution in [0.4, 0.5) is 4.79 Å². The molecule has 5 nitrogen and oxygen atoms in total. The Labute approximate surface area is 78.6 Å². The fourth-order valence-corrected chi connectivity index (χ4v) is 0.727. The van der Waals surface area contributed by atoms with Crippen LogP contribution in [0.15, 0.2) is 0 Å². The molecule has 0 rings (SSSR count). The van der Waals surface area contributed by atoms with Gasteiger partial charge >= 0.3 is 6.09 Å². The number of nitrogens with one attached hydrogen (secondary N) is 1. The van der Waals surface area contributed by atoms with Gasteiger partial charge in [0.05, 0.1) is 11.9 Å². The molecule has 0 unspecified atom stereocenters. The molecule has 0 saturated heterocycles. The van der Waals surface area contributed by atoms with E-state index in [0.717, 1.165) is 5.37 Å². The number of hydrogen-bond donors (Lipinski definition) is 1. The first-order chi connectivity index (χ1) is 5.81. The van der Waals surface area contributed by atoms with Crippen molar-refractivity contribution in [1.29, 1.82) is 0 Å². The van der Waals surface area contributed by atoms with Crippen molar-refractivity contribution in [2.75, 3.05) is 6.54 Å². The summed E-state index contributed by atoms with van der Waals surface area (Å²) < 4.78 is 24.9. The predicted octanol–water partition coefficient (Wildman–Crippen LogP) is 0.192. The lowest BCUT2D eigenvalue weighted by atomic mass is 10.2. The summed E-state index contributed by atoms with van der Waals surface area (Å²) in [5.74, 6) is 0. The van der Waals surface area contributed by atoms with Crippen LogP contribution < -0.4 is 5.32 Å². The van der Waals surface area contributed by atoms with E-state index in [0.29, 0.717) is 0 Å². The maximum absolute atomic E-state index is 10.9. The van der Waals surface area contributed by atoms with Crippen molar-refractivity contribution >= 4 is 21.8 Å². The maximum atomic E-state index is 10.9. The van der Waals surface area contributed by atoms with Crippen LogP contribution in [0, 0.1) is 0 Å². The number of carbonyl (C=O) groups excluding carboxylic acids is 1. The van der Waals surface area contributed by atoms with Crippen molar-refractivity contribution in [3.63, 3.8) is 0 Å². The van der Waals surface area contributed by atoms with Gasteiger partial charge in [-0.1, -0.05) is 0 Å². The zero-order valence-electron chi connectivity index (χ0n) is 7.83. The lowest BCUT2D eigenvalue weighted by molar-refractivity contribution is 0.0537. The lowest BCUT2D eigenvalue weighted by Gasteiger charge is -2.19. The Morgan fingerprint density at radius 1 is 1.46 bits per heavy atom. The Bertz CT molecular complexity index is 291. The van der Waals surface area contributed by atoms with Crippen molar-refractivity contribution in [3.8, 4) is 0 Å². The molecule has 0 radical (unpaired) electrons. The molecule has 0 aromatic carbocycles. The highest BCUT2D eigenvalue weighted by Crippen LogP contribution is 2.05. The van der Waals surface area contributed by atoms with Gasteiger partial charge in [0.25, 0.3) is 0 Å². The van der Waals surface area contributed by atoms with Gasteiger partial charge in [-0.25, -0.2) is 4.79 Å². The molecular weight excluding hydrogens is 194 g/mol. The van der Waals surface area contributed by atoms with Gasteiger partial charge in [0.15, 0.2) is 0 Å². The molecule has 0 aliphatic carbocycles. The second kappa shape index (κ2) is 4.86. The van der Waals surface area contributed by atoms with Crippen LogP contribution in [0.1, 0.15) is 20.8 Å². The van der Waals surface area contributed by atoms with E-state index in [1.807, 2.05) is 0 Å². The molecule has 0 heterocycles. The van der Waals surface area contributed by atoms with E-state index in [4.69, 9.17) is 4.74 Å². The average molecular weight is 207 g/mol. The van der Waals surface area contributed by atoms with E-state index < -0.39 is 22.0 Å². The third kappa shape index (κ3) is 8.87. The molecule has 1 N–H and O–H groups in total. The van der Waals surface area contributed by atoms with E-state index in [-0.39, 0.29) is 6.54 Å². The molecule has 0 aromatic heterocycles. The van der Waals surface area contributed by atoms with Crippen molar-refractivity contribution in [3.05, 3.63) is 0 Å². The Balaban J connectivity index is 3.84. The molecule has 0 spiro atoms. The molecule has 0 saturated carbocycles. The maximum Gasteiger partial charge on any atom is 0.407 e. The molecule has 0 fully saturated rings. The van der Waals surface area contributed by atoms with Crippen LogP contribution >= 0.6 is 0 Å². The smallest absolute Gasteiger partial charge is 0.407 e. The first-order valence-corrected chi connectivity index (χ1v) is 4.83. The minimum absolute atomic E-state index is 0.0506. The Morgan fingerprint density at radius 3 is 2.38 bits per heavy atom. The number of rotatable bonds is 2. The predicted molar refractivity (Wildman–Crippen MR) is 49.2 cm³/mol. The van der Waals surface area contributed by atoms with Crippen molar-refractivity contribution < 1.29 is 17.9 Å². The van der Waals surface area contributed by atoms with Gasteiger partial charge in [-0.2, -0.15) is 8.42 Å². The van der Waals surface area contributed by atoms with E-state index in [9.17, 15) is 13.2 Å². The topological polar surface area (TPSA) is 72.5 Å². The first-order valence-electron chi connectivity index (χ1n) is 3.69. The van der Waals surface area contributed by atoms with Gasteiger partial charge in [-0.15, -0.1) is 0 Å². The Morgan fingerprint density at radius 2 is 2.00 bits per heavy atom. The lowest BCUT2D eigenvalue weighted by Crippen LogP contribution is -2.33. The second-order valence-corrected chi connectivity index (χ2v) is 4.16. The molecule has 13 heavy (non-hydrogen) atoms. The molecule has 0 bridgehead atoms. The fraction of sp³-hybridized carbons (Fsp3) is 0.714. The number of ether oxygens (including phenoxy) is 1. The Kier molecular flexibility index (Phi) is 4.47. The minimum atomic E-state index is -2.25. The zero-order chi connectivity index (χ0) is 10.5. The monoisotopic (exact) mass is 207 g/mol. The largest absolute Gasteiger partial charge is 0.444 e. The highest BCUT2D eigenvalue weighted by Gasteiger charge is 2.14. The highest BCUT2D eigenvalue weighted by atomic mass is 32.2. The quantitative estimate of drug-likeness (QED) is 0.656. The summed E-state index contributed by atoms with van der Waals surface area (Å²) in [7, 11) is -2.25. The third-order valence-corrected chi connectivity index (χ3v) is 1.30. The number of carbonyl (C=O) groups is 1. The molecule has 76 valence electrons. The molecule has 0 aliphatic rings. The summed E-state index contributed by atoms with van der Waals surface area (Å²) >= 11 is 0. The highest BCUT2D eigenvalue weighted by molar-refractivity contribution is 7.71. The van der Waals surface area contributed by atoms with Crippen molar-refractivity contribution in [1.82, 2.24) is 5.32 Å². The van der Waals surface area contributed by atoms with Gasteiger partial charge in [0.1, 0.15) is 5.60 Å². The standard InChI is InChI=1S/C7H13NO4S/c1-7(2,3)12-6(9)8-4-5-13(10)11/h5H,4H2,1-3H3,(H,8,9). The molecule has 0 atom stereocenters. The van der Waals surface area contributed by atoms with Crippen LogP contribution in [0.25, 0.3) is 0 Å². The van der Waals surface area contributed by atoms with Crippen LogP contribution in [0.5, 0.6) is 0 Å².